The summed E-state index contributed by atoms with van der Waals surface area (Å²) in [6.07, 6.45) is 5.63. The number of aromatic carboxylic acids is 1. The van der Waals surface area contributed by atoms with Crippen molar-refractivity contribution in [1.29, 1.82) is 10.5 Å². The second-order valence-corrected chi connectivity index (χ2v) is 6.10. The lowest BCUT2D eigenvalue weighted by Crippen LogP contribution is -2.25. The van der Waals surface area contributed by atoms with E-state index in [0.717, 1.165) is 22.5 Å². The fraction of sp³-hybridized carbons (Fsp3) is 0.0870. The number of anilines is 1. The monoisotopic (exact) mass is 367 g/mol. The first-order chi connectivity index (χ1) is 13.6. The van der Waals surface area contributed by atoms with E-state index in [1.54, 1.807) is 24.3 Å². The Labute approximate surface area is 163 Å². The highest BCUT2D eigenvalue weighted by Crippen LogP contribution is 2.37. The van der Waals surface area contributed by atoms with Crippen molar-refractivity contribution in [2.45, 2.75) is 6.92 Å². The van der Waals surface area contributed by atoms with Crippen LogP contribution < -0.4 is 4.90 Å². The van der Waals surface area contributed by atoms with Gasteiger partial charge in [-0.05, 0) is 42.8 Å². The van der Waals surface area contributed by atoms with Crippen molar-refractivity contribution in [3.8, 4) is 12.1 Å². The van der Waals surface area contributed by atoms with Crippen LogP contribution in [0, 0.1) is 22.7 Å². The number of benzene rings is 2. The van der Waals surface area contributed by atoms with E-state index in [1.165, 1.54) is 0 Å². The Morgan fingerprint density at radius 2 is 1.75 bits per heavy atom. The molecule has 0 atom stereocenters. The molecule has 0 aliphatic carbocycles. The Morgan fingerprint density at radius 1 is 1.07 bits per heavy atom. The third kappa shape index (κ3) is 3.56. The van der Waals surface area contributed by atoms with Gasteiger partial charge in [0.05, 0.1) is 5.56 Å². The molecule has 1 aliphatic heterocycles. The number of carboxylic acids is 1. The molecule has 0 amide bonds. The lowest BCUT2D eigenvalue weighted by atomic mass is 9.93. The van der Waals surface area contributed by atoms with Gasteiger partial charge in [-0.2, -0.15) is 10.5 Å². The zero-order valence-electron chi connectivity index (χ0n) is 15.3. The molecular weight excluding hydrogens is 350 g/mol. The van der Waals surface area contributed by atoms with Gasteiger partial charge in [-0.15, -0.1) is 0 Å². The Hall–Kier alpha value is -4.09. The van der Waals surface area contributed by atoms with E-state index in [0.29, 0.717) is 12.1 Å². The van der Waals surface area contributed by atoms with Crippen molar-refractivity contribution in [2.24, 2.45) is 0 Å². The highest BCUT2D eigenvalue weighted by atomic mass is 16.4. The van der Waals surface area contributed by atoms with Crippen LogP contribution in [0.15, 0.2) is 72.0 Å². The van der Waals surface area contributed by atoms with Crippen molar-refractivity contribution in [2.75, 3.05) is 11.4 Å². The first-order valence-electron chi connectivity index (χ1n) is 8.73. The minimum Gasteiger partial charge on any atom is -0.478 e. The highest BCUT2D eigenvalue weighted by Gasteiger charge is 2.22. The number of carboxylic acid groups (broad SMARTS) is 1. The van der Waals surface area contributed by atoms with Crippen LogP contribution in [0.1, 0.15) is 28.4 Å². The van der Waals surface area contributed by atoms with Crippen molar-refractivity contribution < 1.29 is 9.90 Å². The van der Waals surface area contributed by atoms with Gasteiger partial charge >= 0.3 is 5.97 Å². The van der Waals surface area contributed by atoms with Crippen LogP contribution in [0.3, 0.4) is 0 Å². The number of likely N-dealkylation sites (N-methyl/N-ethyl adjacent to an activating group) is 1. The van der Waals surface area contributed by atoms with Crippen LogP contribution in [0.4, 0.5) is 5.69 Å². The molecule has 1 N–H and O–H groups in total. The second-order valence-electron chi connectivity index (χ2n) is 6.10. The standard InChI is InChI=1S/C23H17N3O2/c1-2-26-19(12-9-16-7-10-17(11-8-16)23(27)28)13-21(18(14-24)15-25)20-5-3-4-6-22(20)26/h3-13H,2H2,1H3,(H,27,28)/b12-9+. The number of allylic oxidation sites excluding steroid dienone is 4. The van der Waals surface area contributed by atoms with E-state index >= 15 is 0 Å². The van der Waals surface area contributed by atoms with Gasteiger partial charge in [0.25, 0.3) is 0 Å². The van der Waals surface area contributed by atoms with Crippen molar-refractivity contribution in [1.82, 2.24) is 0 Å². The van der Waals surface area contributed by atoms with Gasteiger partial charge in [0.1, 0.15) is 17.7 Å². The molecule has 28 heavy (non-hydrogen) atoms. The number of rotatable bonds is 4. The molecule has 2 aromatic carbocycles. The van der Waals surface area contributed by atoms with Crippen molar-refractivity contribution in [3.63, 3.8) is 0 Å². The first-order valence-corrected chi connectivity index (χ1v) is 8.73. The van der Waals surface area contributed by atoms with Gasteiger partial charge in [-0.1, -0.05) is 36.4 Å². The lowest BCUT2D eigenvalue weighted by molar-refractivity contribution is 0.0697. The van der Waals surface area contributed by atoms with E-state index in [1.807, 2.05) is 61.6 Å². The van der Waals surface area contributed by atoms with Crippen LogP contribution in [0.2, 0.25) is 0 Å². The Morgan fingerprint density at radius 3 is 2.36 bits per heavy atom. The second kappa shape index (κ2) is 8.07. The molecule has 0 saturated carbocycles. The Bertz CT molecular complexity index is 1080. The average molecular weight is 367 g/mol. The summed E-state index contributed by atoms with van der Waals surface area (Å²) in [5.74, 6) is -0.963. The van der Waals surface area contributed by atoms with Gasteiger partial charge in [-0.3, -0.25) is 0 Å². The first kappa shape index (κ1) is 18.7. The number of nitrogens with zero attached hydrogens (tertiary/aromatic N) is 3. The summed E-state index contributed by atoms with van der Waals surface area (Å²) < 4.78 is 0. The molecule has 1 aliphatic rings. The molecule has 3 rings (SSSR count). The molecule has 0 aromatic heterocycles. The van der Waals surface area contributed by atoms with Crippen molar-refractivity contribution >= 4 is 23.3 Å². The Balaban J connectivity index is 2.06. The van der Waals surface area contributed by atoms with E-state index in [4.69, 9.17) is 5.11 Å². The van der Waals surface area contributed by atoms with Gasteiger partial charge in [0, 0.05) is 29.1 Å². The predicted octanol–water partition coefficient (Wildman–Crippen LogP) is 4.62. The van der Waals surface area contributed by atoms with Gasteiger partial charge in [-0.25, -0.2) is 4.79 Å². The quantitative estimate of drug-likeness (QED) is 0.797. The number of carbonyl (C=O) groups is 1. The number of hydrogen-bond donors (Lipinski definition) is 1. The van der Waals surface area contributed by atoms with E-state index in [-0.39, 0.29) is 11.1 Å². The summed E-state index contributed by atoms with van der Waals surface area (Å²) in [6, 6.07) is 18.2. The van der Waals surface area contributed by atoms with E-state index in [2.05, 4.69) is 4.90 Å². The summed E-state index contributed by atoms with van der Waals surface area (Å²) in [7, 11) is 0. The zero-order chi connectivity index (χ0) is 20.1. The summed E-state index contributed by atoms with van der Waals surface area (Å²) in [6.45, 7) is 2.75. The number of hydrogen-bond acceptors (Lipinski definition) is 4. The molecule has 136 valence electrons. The SMILES string of the molecule is CCN1C(/C=C/c2ccc(C(=O)O)cc2)=CC(=C(C#N)C#N)c2ccccc21. The molecule has 5 nitrogen and oxygen atoms in total. The molecular formula is C23H17N3O2. The van der Waals surface area contributed by atoms with Crippen LogP contribution in [-0.4, -0.2) is 17.6 Å². The number of nitriles is 2. The van der Waals surface area contributed by atoms with Crippen LogP contribution in [0.5, 0.6) is 0 Å². The minimum atomic E-state index is -0.963. The average Bonchev–Trinajstić information content (AvgIpc) is 2.73. The Kier molecular flexibility index (Phi) is 5.39. The van der Waals surface area contributed by atoms with Crippen LogP contribution in [0.25, 0.3) is 11.6 Å². The van der Waals surface area contributed by atoms with Crippen LogP contribution >= 0.6 is 0 Å². The smallest absolute Gasteiger partial charge is 0.335 e. The summed E-state index contributed by atoms with van der Waals surface area (Å²) >= 11 is 0. The van der Waals surface area contributed by atoms with Gasteiger partial charge < -0.3 is 10.0 Å². The highest BCUT2D eigenvalue weighted by molar-refractivity contribution is 5.93. The third-order valence-corrected chi connectivity index (χ3v) is 4.50. The van der Waals surface area contributed by atoms with Gasteiger partial charge in [0.15, 0.2) is 0 Å². The largest absolute Gasteiger partial charge is 0.478 e. The fourth-order valence-corrected chi connectivity index (χ4v) is 3.14. The lowest BCUT2D eigenvalue weighted by Gasteiger charge is -2.31. The maximum atomic E-state index is 11.0. The summed E-state index contributed by atoms with van der Waals surface area (Å²) in [5, 5.41) is 27.7. The normalized spacial score (nSPS) is 12.8. The van der Waals surface area contributed by atoms with E-state index < -0.39 is 5.97 Å². The molecule has 0 radical (unpaired) electrons. The zero-order valence-corrected chi connectivity index (χ0v) is 15.3. The molecule has 0 bridgehead atoms. The topological polar surface area (TPSA) is 88.1 Å². The number of fused-ring (bicyclic) bond motifs is 1. The summed E-state index contributed by atoms with van der Waals surface area (Å²) in [5.41, 5.74) is 4.40. The maximum Gasteiger partial charge on any atom is 0.335 e. The fourth-order valence-electron chi connectivity index (χ4n) is 3.14. The predicted molar refractivity (Wildman–Crippen MR) is 108 cm³/mol. The number of para-hydroxylation sites is 1. The van der Waals surface area contributed by atoms with E-state index in [9.17, 15) is 15.3 Å². The molecule has 2 aromatic rings. The molecule has 0 unspecified atom stereocenters. The molecule has 0 saturated heterocycles. The summed E-state index contributed by atoms with van der Waals surface area (Å²) in [4.78, 5) is 13.1. The molecule has 0 spiro atoms. The third-order valence-electron chi connectivity index (χ3n) is 4.50. The van der Waals surface area contributed by atoms with Crippen molar-refractivity contribution in [3.05, 3.63) is 88.6 Å². The maximum absolute atomic E-state index is 11.0. The molecule has 0 fully saturated rings. The molecule has 5 heteroatoms. The molecule has 1 heterocycles. The minimum absolute atomic E-state index is 0.0694. The van der Waals surface area contributed by atoms with Crippen LogP contribution in [-0.2, 0) is 0 Å². The van der Waals surface area contributed by atoms with Gasteiger partial charge in [0.2, 0.25) is 0 Å².